The summed E-state index contributed by atoms with van der Waals surface area (Å²) in [6.45, 7) is 3.64. The van der Waals surface area contributed by atoms with Crippen LogP contribution in [-0.2, 0) is 9.53 Å². The average Bonchev–Trinajstić information content (AvgIpc) is 2.37. The standard InChI is InChI=1S/C13H19NO3/c1-9(14-13(15)10(2)16-3)11-6-5-7-12(8-11)17-4/h5-10H,1-4H3,(H,14,15). The molecule has 0 bridgehead atoms. The molecule has 2 atom stereocenters. The lowest BCUT2D eigenvalue weighted by Crippen LogP contribution is -2.35. The van der Waals surface area contributed by atoms with Gasteiger partial charge in [-0.05, 0) is 31.5 Å². The Labute approximate surface area is 102 Å². The van der Waals surface area contributed by atoms with E-state index in [1.807, 2.05) is 31.2 Å². The number of benzene rings is 1. The molecule has 94 valence electrons. The van der Waals surface area contributed by atoms with Crippen molar-refractivity contribution in [3.05, 3.63) is 29.8 Å². The third kappa shape index (κ3) is 3.75. The van der Waals surface area contributed by atoms with Crippen molar-refractivity contribution in [2.75, 3.05) is 14.2 Å². The lowest BCUT2D eigenvalue weighted by atomic mass is 10.1. The van der Waals surface area contributed by atoms with Crippen LogP contribution < -0.4 is 10.1 Å². The molecule has 0 aliphatic rings. The third-order valence-electron chi connectivity index (χ3n) is 2.68. The summed E-state index contributed by atoms with van der Waals surface area (Å²) in [6.07, 6.45) is -0.442. The Hall–Kier alpha value is -1.55. The molecule has 0 saturated heterocycles. The smallest absolute Gasteiger partial charge is 0.249 e. The maximum atomic E-state index is 11.6. The van der Waals surface area contributed by atoms with Crippen molar-refractivity contribution in [3.63, 3.8) is 0 Å². The number of nitrogens with one attached hydrogen (secondary N) is 1. The molecule has 1 N–H and O–H groups in total. The maximum Gasteiger partial charge on any atom is 0.249 e. The summed E-state index contributed by atoms with van der Waals surface area (Å²) < 4.78 is 10.1. The van der Waals surface area contributed by atoms with Crippen molar-refractivity contribution in [1.82, 2.24) is 5.32 Å². The van der Waals surface area contributed by atoms with Gasteiger partial charge in [-0.1, -0.05) is 12.1 Å². The van der Waals surface area contributed by atoms with Crippen LogP contribution in [0.3, 0.4) is 0 Å². The number of carbonyl (C=O) groups excluding carboxylic acids is 1. The van der Waals surface area contributed by atoms with Crippen LogP contribution in [0.1, 0.15) is 25.5 Å². The average molecular weight is 237 g/mol. The molecule has 0 saturated carbocycles. The monoisotopic (exact) mass is 237 g/mol. The molecule has 4 nitrogen and oxygen atoms in total. The van der Waals surface area contributed by atoms with E-state index in [1.165, 1.54) is 7.11 Å². The fraction of sp³-hybridized carbons (Fsp3) is 0.462. The van der Waals surface area contributed by atoms with Gasteiger partial charge in [0.2, 0.25) is 5.91 Å². The molecule has 0 aromatic heterocycles. The van der Waals surface area contributed by atoms with E-state index in [2.05, 4.69) is 5.32 Å². The van der Waals surface area contributed by atoms with Gasteiger partial charge in [-0.3, -0.25) is 4.79 Å². The molecule has 0 fully saturated rings. The van der Waals surface area contributed by atoms with Gasteiger partial charge in [-0.15, -0.1) is 0 Å². The summed E-state index contributed by atoms with van der Waals surface area (Å²) in [5, 5.41) is 2.88. The van der Waals surface area contributed by atoms with E-state index in [0.29, 0.717) is 0 Å². The van der Waals surface area contributed by atoms with Crippen molar-refractivity contribution < 1.29 is 14.3 Å². The molecule has 1 amide bonds. The predicted molar refractivity (Wildman–Crippen MR) is 66.0 cm³/mol. The van der Waals surface area contributed by atoms with Crippen LogP contribution in [-0.4, -0.2) is 26.2 Å². The first-order chi connectivity index (χ1) is 8.08. The molecule has 4 heteroatoms. The van der Waals surface area contributed by atoms with Crippen molar-refractivity contribution in [2.24, 2.45) is 0 Å². The van der Waals surface area contributed by atoms with Crippen LogP contribution in [0.5, 0.6) is 5.75 Å². The van der Waals surface area contributed by atoms with Gasteiger partial charge in [0, 0.05) is 7.11 Å². The quantitative estimate of drug-likeness (QED) is 0.851. The Kier molecular flexibility index (Phi) is 4.97. The second-order valence-electron chi connectivity index (χ2n) is 3.88. The number of carbonyl (C=O) groups is 1. The van der Waals surface area contributed by atoms with E-state index >= 15 is 0 Å². The Morgan fingerprint density at radius 2 is 2.00 bits per heavy atom. The molecule has 17 heavy (non-hydrogen) atoms. The molecule has 2 unspecified atom stereocenters. The van der Waals surface area contributed by atoms with Crippen molar-refractivity contribution in [1.29, 1.82) is 0 Å². The van der Waals surface area contributed by atoms with Gasteiger partial charge in [-0.25, -0.2) is 0 Å². The summed E-state index contributed by atoms with van der Waals surface area (Å²) in [4.78, 5) is 11.6. The molecule has 0 radical (unpaired) electrons. The second-order valence-corrected chi connectivity index (χ2v) is 3.88. The third-order valence-corrected chi connectivity index (χ3v) is 2.68. The van der Waals surface area contributed by atoms with Gasteiger partial charge in [0.25, 0.3) is 0 Å². The van der Waals surface area contributed by atoms with Gasteiger partial charge in [0.05, 0.1) is 13.2 Å². The second kappa shape index (κ2) is 6.25. The molecule has 0 aliphatic carbocycles. The first-order valence-corrected chi connectivity index (χ1v) is 5.55. The van der Waals surface area contributed by atoms with Crippen LogP contribution >= 0.6 is 0 Å². The Balaban J connectivity index is 2.69. The first kappa shape index (κ1) is 13.5. The highest BCUT2D eigenvalue weighted by Crippen LogP contribution is 2.18. The molecule has 0 aliphatic heterocycles. The minimum atomic E-state index is -0.442. The first-order valence-electron chi connectivity index (χ1n) is 5.55. The molecule has 0 spiro atoms. The maximum absolute atomic E-state index is 11.6. The molecule has 1 aromatic rings. The van der Waals surface area contributed by atoms with Crippen LogP contribution in [0.4, 0.5) is 0 Å². The summed E-state index contributed by atoms with van der Waals surface area (Å²) >= 11 is 0. The summed E-state index contributed by atoms with van der Waals surface area (Å²) in [5.74, 6) is 0.659. The fourth-order valence-corrected chi connectivity index (χ4v) is 1.43. The van der Waals surface area contributed by atoms with Crippen LogP contribution in [0, 0.1) is 0 Å². The van der Waals surface area contributed by atoms with Crippen molar-refractivity contribution >= 4 is 5.91 Å². The van der Waals surface area contributed by atoms with Crippen molar-refractivity contribution in [3.8, 4) is 5.75 Å². The Morgan fingerprint density at radius 3 is 2.59 bits per heavy atom. The number of amides is 1. The number of ether oxygens (including phenoxy) is 2. The largest absolute Gasteiger partial charge is 0.497 e. The van der Waals surface area contributed by atoms with Crippen LogP contribution in [0.25, 0.3) is 0 Å². The SMILES string of the molecule is COc1cccc(C(C)NC(=O)C(C)OC)c1. The minimum absolute atomic E-state index is 0.0739. The van der Waals surface area contributed by atoms with E-state index < -0.39 is 6.10 Å². The molecular formula is C13H19NO3. The summed E-state index contributed by atoms with van der Waals surface area (Å²) in [5.41, 5.74) is 1.00. The zero-order valence-electron chi connectivity index (χ0n) is 10.7. The number of hydrogen-bond acceptors (Lipinski definition) is 3. The van der Waals surface area contributed by atoms with E-state index in [4.69, 9.17) is 9.47 Å². The molecular weight excluding hydrogens is 218 g/mol. The van der Waals surface area contributed by atoms with Gasteiger partial charge in [0.15, 0.2) is 0 Å². The summed E-state index contributed by atoms with van der Waals surface area (Å²) in [6, 6.07) is 7.55. The number of rotatable bonds is 5. The zero-order valence-corrected chi connectivity index (χ0v) is 10.7. The van der Waals surface area contributed by atoms with E-state index in [9.17, 15) is 4.79 Å². The van der Waals surface area contributed by atoms with Crippen LogP contribution in [0.15, 0.2) is 24.3 Å². The number of methoxy groups -OCH3 is 2. The lowest BCUT2D eigenvalue weighted by molar-refractivity contribution is -0.130. The van der Waals surface area contributed by atoms with E-state index in [1.54, 1.807) is 14.0 Å². The summed E-state index contributed by atoms with van der Waals surface area (Å²) in [7, 11) is 3.13. The van der Waals surface area contributed by atoms with Gasteiger partial charge in [-0.2, -0.15) is 0 Å². The van der Waals surface area contributed by atoms with Crippen LogP contribution in [0.2, 0.25) is 0 Å². The normalized spacial score (nSPS) is 13.9. The van der Waals surface area contributed by atoms with Gasteiger partial charge >= 0.3 is 0 Å². The topological polar surface area (TPSA) is 47.6 Å². The highest BCUT2D eigenvalue weighted by atomic mass is 16.5. The highest BCUT2D eigenvalue weighted by Gasteiger charge is 2.15. The molecule has 1 rings (SSSR count). The number of hydrogen-bond donors (Lipinski definition) is 1. The van der Waals surface area contributed by atoms with Crippen molar-refractivity contribution in [2.45, 2.75) is 26.0 Å². The Morgan fingerprint density at radius 1 is 1.29 bits per heavy atom. The molecule has 0 heterocycles. The Bertz CT molecular complexity index is 379. The minimum Gasteiger partial charge on any atom is -0.497 e. The predicted octanol–water partition coefficient (Wildman–Crippen LogP) is 1.91. The lowest BCUT2D eigenvalue weighted by Gasteiger charge is -2.17. The van der Waals surface area contributed by atoms with Gasteiger partial charge in [0.1, 0.15) is 11.9 Å². The molecule has 1 aromatic carbocycles. The van der Waals surface area contributed by atoms with Gasteiger partial charge < -0.3 is 14.8 Å². The van der Waals surface area contributed by atoms with E-state index in [0.717, 1.165) is 11.3 Å². The fourth-order valence-electron chi connectivity index (χ4n) is 1.43. The highest BCUT2D eigenvalue weighted by molar-refractivity contribution is 5.80. The van der Waals surface area contributed by atoms with E-state index in [-0.39, 0.29) is 11.9 Å². The zero-order chi connectivity index (χ0) is 12.8.